The van der Waals surface area contributed by atoms with E-state index >= 15 is 0 Å². The number of carbonyl (C=O) groups is 3. The summed E-state index contributed by atoms with van der Waals surface area (Å²) in [7, 11) is 0. The van der Waals surface area contributed by atoms with Crippen LogP contribution in [0.3, 0.4) is 0 Å². The summed E-state index contributed by atoms with van der Waals surface area (Å²) in [6, 6.07) is 7.41. The Morgan fingerprint density at radius 1 is 1.16 bits per heavy atom. The normalized spacial score (nSPS) is 12.2. The molecular formula is C22H29N3O4S2. The maximum absolute atomic E-state index is 12.5. The van der Waals surface area contributed by atoms with Crippen LogP contribution in [0.4, 0.5) is 10.8 Å². The fraction of sp³-hybridized carbons (Fsp3) is 0.455. The van der Waals surface area contributed by atoms with Gasteiger partial charge in [-0.25, -0.2) is 4.98 Å². The average Bonchev–Trinajstić information content (AvgIpc) is 3.08. The molecule has 1 heterocycles. The molecule has 0 saturated carbocycles. The molecule has 168 valence electrons. The molecular weight excluding hydrogens is 434 g/mol. The molecule has 0 saturated heterocycles. The van der Waals surface area contributed by atoms with E-state index in [1.807, 2.05) is 52.0 Å². The first-order chi connectivity index (χ1) is 14.6. The zero-order valence-corrected chi connectivity index (χ0v) is 20.1. The SMILES string of the molecule is CCOC(=O)Cc1csc(NC(=O)C(C)Sc2ccc(NC(=O)CC(C)(C)C)cc2)n1. The fourth-order valence-corrected chi connectivity index (χ4v) is 4.15. The molecule has 9 heteroatoms. The number of carbonyl (C=O) groups excluding carboxylic acids is 3. The number of benzene rings is 1. The zero-order valence-electron chi connectivity index (χ0n) is 18.5. The first-order valence-corrected chi connectivity index (χ1v) is 11.8. The molecule has 1 aromatic heterocycles. The molecule has 0 bridgehead atoms. The number of anilines is 2. The molecule has 0 spiro atoms. The van der Waals surface area contributed by atoms with Crippen molar-refractivity contribution < 1.29 is 19.1 Å². The number of hydrogen-bond donors (Lipinski definition) is 2. The van der Waals surface area contributed by atoms with E-state index in [-0.39, 0.29) is 34.9 Å². The van der Waals surface area contributed by atoms with Crippen LogP contribution in [0, 0.1) is 5.41 Å². The Balaban J connectivity index is 1.85. The maximum Gasteiger partial charge on any atom is 0.311 e. The number of hydrogen-bond acceptors (Lipinski definition) is 7. The monoisotopic (exact) mass is 463 g/mol. The molecule has 1 aromatic carbocycles. The summed E-state index contributed by atoms with van der Waals surface area (Å²) in [5, 5.41) is 7.51. The van der Waals surface area contributed by atoms with Crippen LogP contribution in [-0.4, -0.2) is 34.6 Å². The Morgan fingerprint density at radius 3 is 2.45 bits per heavy atom. The van der Waals surface area contributed by atoms with Crippen molar-refractivity contribution >= 4 is 51.7 Å². The van der Waals surface area contributed by atoms with Crippen molar-refractivity contribution in [2.45, 2.75) is 57.6 Å². The van der Waals surface area contributed by atoms with Gasteiger partial charge in [0.05, 0.1) is 24.0 Å². The van der Waals surface area contributed by atoms with Crippen LogP contribution in [0.15, 0.2) is 34.5 Å². The van der Waals surface area contributed by atoms with Crippen molar-refractivity contribution in [3.63, 3.8) is 0 Å². The molecule has 7 nitrogen and oxygen atoms in total. The standard InChI is InChI=1S/C22H29N3O4S2/c1-6-29-19(27)11-16-13-30-21(24-16)25-20(28)14(2)31-17-9-7-15(8-10-17)23-18(26)12-22(3,4)5/h7-10,13-14H,6,11-12H2,1-5H3,(H,23,26)(H,24,25,28). The molecule has 0 aliphatic carbocycles. The number of thioether (sulfide) groups is 1. The van der Waals surface area contributed by atoms with E-state index in [2.05, 4.69) is 15.6 Å². The molecule has 2 aromatic rings. The predicted molar refractivity (Wildman–Crippen MR) is 126 cm³/mol. The summed E-state index contributed by atoms with van der Waals surface area (Å²) in [6.45, 7) is 9.95. The topological polar surface area (TPSA) is 97.4 Å². The van der Waals surface area contributed by atoms with E-state index in [0.29, 0.717) is 23.9 Å². The summed E-state index contributed by atoms with van der Waals surface area (Å²) in [5.41, 5.74) is 1.23. The number of aromatic nitrogens is 1. The molecule has 1 atom stereocenters. The minimum absolute atomic E-state index is 0.0218. The summed E-state index contributed by atoms with van der Waals surface area (Å²) in [6.07, 6.45) is 0.530. The second kappa shape index (κ2) is 11.3. The third-order valence-corrected chi connectivity index (χ3v) is 5.84. The lowest BCUT2D eigenvalue weighted by Gasteiger charge is -2.17. The van der Waals surface area contributed by atoms with E-state index in [0.717, 1.165) is 10.6 Å². The maximum atomic E-state index is 12.5. The lowest BCUT2D eigenvalue weighted by atomic mass is 9.92. The van der Waals surface area contributed by atoms with Crippen molar-refractivity contribution in [1.82, 2.24) is 4.98 Å². The molecule has 0 aliphatic heterocycles. The van der Waals surface area contributed by atoms with Crippen LogP contribution in [0.25, 0.3) is 0 Å². The number of rotatable bonds is 9. The van der Waals surface area contributed by atoms with Gasteiger partial charge >= 0.3 is 5.97 Å². The van der Waals surface area contributed by atoms with Gasteiger partial charge in [0.25, 0.3) is 0 Å². The number of esters is 1. The fourth-order valence-electron chi connectivity index (χ4n) is 2.57. The third-order valence-electron chi connectivity index (χ3n) is 3.92. The van der Waals surface area contributed by atoms with Crippen LogP contribution in [0.1, 0.15) is 46.7 Å². The number of nitrogens with zero attached hydrogens (tertiary/aromatic N) is 1. The highest BCUT2D eigenvalue weighted by Crippen LogP contribution is 2.27. The Hall–Kier alpha value is -2.39. The van der Waals surface area contributed by atoms with Gasteiger partial charge in [-0.05, 0) is 43.5 Å². The molecule has 2 rings (SSSR count). The van der Waals surface area contributed by atoms with Crippen molar-refractivity contribution in [1.29, 1.82) is 0 Å². The van der Waals surface area contributed by atoms with Gasteiger partial charge in [0.1, 0.15) is 0 Å². The van der Waals surface area contributed by atoms with Gasteiger partial charge in [-0.15, -0.1) is 23.1 Å². The third kappa shape index (κ3) is 9.10. The molecule has 2 N–H and O–H groups in total. The van der Waals surface area contributed by atoms with E-state index in [9.17, 15) is 14.4 Å². The van der Waals surface area contributed by atoms with E-state index in [4.69, 9.17) is 4.74 Å². The first kappa shape index (κ1) is 24.9. The van der Waals surface area contributed by atoms with E-state index in [1.54, 1.807) is 12.3 Å². The first-order valence-electron chi connectivity index (χ1n) is 10.0. The van der Waals surface area contributed by atoms with E-state index < -0.39 is 0 Å². The zero-order chi connectivity index (χ0) is 23.0. The Morgan fingerprint density at radius 2 is 1.84 bits per heavy atom. The van der Waals surface area contributed by atoms with E-state index in [1.165, 1.54) is 23.1 Å². The molecule has 0 aliphatic rings. The number of ether oxygens (including phenoxy) is 1. The summed E-state index contributed by atoms with van der Waals surface area (Å²) < 4.78 is 4.90. The smallest absolute Gasteiger partial charge is 0.311 e. The Bertz CT molecular complexity index is 904. The average molecular weight is 464 g/mol. The van der Waals surface area contributed by atoms with Crippen molar-refractivity contribution in [2.24, 2.45) is 5.41 Å². The Labute approximate surface area is 191 Å². The van der Waals surface area contributed by atoms with Crippen LogP contribution >= 0.6 is 23.1 Å². The van der Waals surface area contributed by atoms with Crippen LogP contribution < -0.4 is 10.6 Å². The number of thiazole rings is 1. The summed E-state index contributed by atoms with van der Waals surface area (Å²) in [4.78, 5) is 41.2. The second-order valence-corrected chi connectivity index (χ2v) is 10.5. The lowest BCUT2D eigenvalue weighted by molar-refractivity contribution is -0.142. The largest absolute Gasteiger partial charge is 0.466 e. The van der Waals surface area contributed by atoms with Gasteiger partial charge in [-0.3, -0.25) is 14.4 Å². The van der Waals surface area contributed by atoms with Crippen molar-refractivity contribution in [3.8, 4) is 0 Å². The van der Waals surface area contributed by atoms with Crippen LogP contribution in [-0.2, 0) is 25.5 Å². The van der Waals surface area contributed by atoms with Crippen molar-refractivity contribution in [2.75, 3.05) is 17.2 Å². The second-order valence-electron chi connectivity index (χ2n) is 8.19. The Kier molecular flexibility index (Phi) is 9.06. The highest BCUT2D eigenvalue weighted by atomic mass is 32.2. The van der Waals surface area contributed by atoms with Gasteiger partial charge in [0.2, 0.25) is 11.8 Å². The molecule has 31 heavy (non-hydrogen) atoms. The van der Waals surface area contributed by atoms with Crippen molar-refractivity contribution in [3.05, 3.63) is 35.3 Å². The quantitative estimate of drug-likeness (QED) is 0.412. The molecule has 1 unspecified atom stereocenters. The highest BCUT2D eigenvalue weighted by Gasteiger charge is 2.18. The van der Waals surface area contributed by atoms with Gasteiger partial charge < -0.3 is 15.4 Å². The predicted octanol–water partition coefficient (Wildman–Crippen LogP) is 4.74. The minimum Gasteiger partial charge on any atom is -0.466 e. The van der Waals surface area contributed by atoms with Gasteiger partial charge in [0, 0.05) is 22.4 Å². The molecule has 0 radical (unpaired) electrons. The lowest BCUT2D eigenvalue weighted by Crippen LogP contribution is -2.22. The molecule has 0 fully saturated rings. The summed E-state index contributed by atoms with van der Waals surface area (Å²) >= 11 is 2.68. The van der Waals surface area contributed by atoms with Gasteiger partial charge in [-0.1, -0.05) is 20.8 Å². The van der Waals surface area contributed by atoms with Crippen LogP contribution in [0.2, 0.25) is 0 Å². The van der Waals surface area contributed by atoms with Gasteiger partial charge in [0.15, 0.2) is 5.13 Å². The number of nitrogens with one attached hydrogen (secondary N) is 2. The van der Waals surface area contributed by atoms with Crippen LogP contribution in [0.5, 0.6) is 0 Å². The van der Waals surface area contributed by atoms with Gasteiger partial charge in [-0.2, -0.15) is 0 Å². The summed E-state index contributed by atoms with van der Waals surface area (Å²) in [5.74, 6) is -0.538. The number of amides is 2. The minimum atomic E-state index is -0.348. The highest BCUT2D eigenvalue weighted by molar-refractivity contribution is 8.00. The molecule has 2 amide bonds.